The molecule has 2 unspecified atom stereocenters. The van der Waals surface area contributed by atoms with Gasteiger partial charge in [-0.05, 0) is 30.4 Å². The van der Waals surface area contributed by atoms with Gasteiger partial charge in [-0.25, -0.2) is 0 Å². The third-order valence-corrected chi connectivity index (χ3v) is 3.26. The molecule has 0 saturated heterocycles. The minimum Gasteiger partial charge on any atom is -0.309 e. The Morgan fingerprint density at radius 1 is 1.50 bits per heavy atom. The van der Waals surface area contributed by atoms with Crippen molar-refractivity contribution in [3.05, 3.63) is 11.1 Å². The second kappa shape index (κ2) is 6.09. The van der Waals surface area contributed by atoms with Gasteiger partial charge in [0.25, 0.3) is 0 Å². The third kappa shape index (κ3) is 3.03. The topological polar surface area (TPSA) is 37.8 Å². The molecule has 1 N–H and O–H groups in total. The van der Waals surface area contributed by atoms with Crippen molar-refractivity contribution in [1.29, 1.82) is 0 Å². The number of nitrogens with zero attached hydrogens (tertiary/aromatic N) is 2. The molecule has 1 rings (SSSR count). The van der Waals surface area contributed by atoms with Crippen molar-refractivity contribution in [2.75, 3.05) is 6.54 Å². The van der Waals surface area contributed by atoms with Crippen molar-refractivity contribution in [3.8, 4) is 0 Å². The average Bonchev–Trinajstić information content (AvgIpc) is 2.71. The predicted molar refractivity (Wildman–Crippen MR) is 60.4 cm³/mol. The first-order chi connectivity index (χ1) is 6.79. The van der Waals surface area contributed by atoms with Crippen molar-refractivity contribution < 1.29 is 0 Å². The van der Waals surface area contributed by atoms with E-state index in [2.05, 4.69) is 35.7 Å². The van der Waals surface area contributed by atoms with E-state index in [9.17, 15) is 0 Å². The van der Waals surface area contributed by atoms with E-state index in [0.717, 1.165) is 6.54 Å². The number of rotatable bonds is 6. The molecule has 4 heteroatoms. The first-order valence-corrected chi connectivity index (χ1v) is 6.07. The fourth-order valence-corrected chi connectivity index (χ4v) is 2.14. The summed E-state index contributed by atoms with van der Waals surface area (Å²) in [7, 11) is 0. The molecule has 1 aromatic heterocycles. The highest BCUT2D eigenvalue weighted by molar-refractivity contribution is 7.05. The number of hydrogen-bond donors (Lipinski definition) is 1. The summed E-state index contributed by atoms with van der Waals surface area (Å²) in [6.45, 7) is 7.74. The van der Waals surface area contributed by atoms with Crippen LogP contribution in [0.25, 0.3) is 0 Å². The van der Waals surface area contributed by atoms with Crippen molar-refractivity contribution in [2.45, 2.75) is 39.7 Å². The Labute approximate surface area is 90.1 Å². The zero-order valence-electron chi connectivity index (χ0n) is 9.16. The molecule has 0 aliphatic carbocycles. The van der Waals surface area contributed by atoms with Crippen LogP contribution in [0.2, 0.25) is 0 Å². The summed E-state index contributed by atoms with van der Waals surface area (Å²) in [5.74, 6) is 0.642. The van der Waals surface area contributed by atoms with Gasteiger partial charge in [0.05, 0.1) is 11.1 Å². The molecule has 0 aliphatic heterocycles. The molecular weight excluding hydrogens is 194 g/mol. The quantitative estimate of drug-likeness (QED) is 0.789. The van der Waals surface area contributed by atoms with E-state index in [-0.39, 0.29) is 0 Å². The molecule has 0 saturated carbocycles. The Bertz CT molecular complexity index is 236. The van der Waals surface area contributed by atoms with Crippen LogP contribution in [-0.4, -0.2) is 16.1 Å². The fourth-order valence-electron chi connectivity index (χ4n) is 1.43. The van der Waals surface area contributed by atoms with Crippen LogP contribution in [0, 0.1) is 5.92 Å². The number of nitrogens with one attached hydrogen (secondary N) is 1. The summed E-state index contributed by atoms with van der Waals surface area (Å²) in [6, 6.07) is 0.431. The lowest BCUT2D eigenvalue weighted by Gasteiger charge is -2.22. The van der Waals surface area contributed by atoms with Gasteiger partial charge in [0.2, 0.25) is 0 Å². The van der Waals surface area contributed by atoms with E-state index in [4.69, 9.17) is 0 Å². The van der Waals surface area contributed by atoms with E-state index in [1.54, 1.807) is 0 Å². The van der Waals surface area contributed by atoms with Crippen LogP contribution < -0.4 is 5.32 Å². The molecule has 0 amide bonds. The van der Waals surface area contributed by atoms with Crippen LogP contribution in [0.3, 0.4) is 0 Å². The minimum absolute atomic E-state index is 0.431. The molecule has 0 aromatic carbocycles. The molecule has 80 valence electrons. The SMILES string of the molecule is CCCNC(c1cnns1)C(C)CC. The van der Waals surface area contributed by atoms with Gasteiger partial charge in [-0.1, -0.05) is 31.7 Å². The highest BCUT2D eigenvalue weighted by atomic mass is 32.1. The largest absolute Gasteiger partial charge is 0.309 e. The molecule has 2 atom stereocenters. The molecule has 0 radical (unpaired) electrons. The molecule has 1 aromatic rings. The van der Waals surface area contributed by atoms with Gasteiger partial charge >= 0.3 is 0 Å². The van der Waals surface area contributed by atoms with Gasteiger partial charge in [0.15, 0.2) is 0 Å². The van der Waals surface area contributed by atoms with Crippen LogP contribution in [0.4, 0.5) is 0 Å². The van der Waals surface area contributed by atoms with Crippen LogP contribution in [0.5, 0.6) is 0 Å². The summed E-state index contributed by atoms with van der Waals surface area (Å²) in [5, 5.41) is 7.45. The summed E-state index contributed by atoms with van der Waals surface area (Å²) < 4.78 is 3.92. The van der Waals surface area contributed by atoms with Crippen molar-refractivity contribution in [3.63, 3.8) is 0 Å². The summed E-state index contributed by atoms with van der Waals surface area (Å²) in [4.78, 5) is 1.26. The summed E-state index contributed by atoms with van der Waals surface area (Å²) >= 11 is 1.50. The Morgan fingerprint density at radius 2 is 2.29 bits per heavy atom. The Hall–Kier alpha value is -0.480. The summed E-state index contributed by atoms with van der Waals surface area (Å²) in [5.41, 5.74) is 0. The van der Waals surface area contributed by atoms with E-state index in [1.165, 1.54) is 29.3 Å². The molecule has 14 heavy (non-hydrogen) atoms. The van der Waals surface area contributed by atoms with Gasteiger partial charge in [0, 0.05) is 6.04 Å². The van der Waals surface area contributed by atoms with E-state index >= 15 is 0 Å². The van der Waals surface area contributed by atoms with E-state index in [1.807, 2.05) is 6.20 Å². The fraction of sp³-hybridized carbons (Fsp3) is 0.800. The van der Waals surface area contributed by atoms with Crippen LogP contribution in [0.1, 0.15) is 44.5 Å². The third-order valence-electron chi connectivity index (χ3n) is 2.51. The van der Waals surface area contributed by atoms with E-state index in [0.29, 0.717) is 12.0 Å². The Kier molecular flexibility index (Phi) is 5.04. The lowest BCUT2D eigenvalue weighted by atomic mass is 9.98. The lowest BCUT2D eigenvalue weighted by molar-refractivity contribution is 0.382. The Morgan fingerprint density at radius 3 is 2.79 bits per heavy atom. The van der Waals surface area contributed by atoms with Gasteiger partial charge in [-0.2, -0.15) is 0 Å². The molecular formula is C10H19N3S. The van der Waals surface area contributed by atoms with Crippen molar-refractivity contribution in [2.24, 2.45) is 5.92 Å². The first-order valence-electron chi connectivity index (χ1n) is 5.30. The highest BCUT2D eigenvalue weighted by Gasteiger charge is 2.18. The molecule has 0 spiro atoms. The van der Waals surface area contributed by atoms with Gasteiger partial charge in [-0.3, -0.25) is 0 Å². The molecule has 0 aliphatic rings. The normalized spacial score (nSPS) is 15.4. The zero-order valence-corrected chi connectivity index (χ0v) is 9.97. The second-order valence-electron chi connectivity index (χ2n) is 3.64. The smallest absolute Gasteiger partial charge is 0.0669 e. The predicted octanol–water partition coefficient (Wildman–Crippen LogP) is 2.62. The molecule has 3 nitrogen and oxygen atoms in total. The molecule has 0 bridgehead atoms. The second-order valence-corrected chi connectivity index (χ2v) is 4.45. The number of hydrogen-bond acceptors (Lipinski definition) is 4. The van der Waals surface area contributed by atoms with E-state index < -0.39 is 0 Å². The lowest BCUT2D eigenvalue weighted by Crippen LogP contribution is -2.26. The van der Waals surface area contributed by atoms with Crippen LogP contribution >= 0.6 is 11.5 Å². The average molecular weight is 213 g/mol. The minimum atomic E-state index is 0.431. The maximum Gasteiger partial charge on any atom is 0.0669 e. The van der Waals surface area contributed by atoms with Crippen LogP contribution in [0.15, 0.2) is 6.20 Å². The van der Waals surface area contributed by atoms with Gasteiger partial charge < -0.3 is 5.32 Å². The monoisotopic (exact) mass is 213 g/mol. The highest BCUT2D eigenvalue weighted by Crippen LogP contribution is 2.25. The number of aromatic nitrogens is 2. The Balaban J connectivity index is 2.62. The standard InChI is InChI=1S/C10H19N3S/c1-4-6-11-10(8(3)5-2)9-7-12-13-14-9/h7-8,10-11H,4-6H2,1-3H3. The zero-order chi connectivity index (χ0) is 10.4. The van der Waals surface area contributed by atoms with Gasteiger partial charge in [0.1, 0.15) is 0 Å². The molecule has 1 heterocycles. The van der Waals surface area contributed by atoms with Gasteiger partial charge in [-0.15, -0.1) is 5.10 Å². The maximum absolute atomic E-state index is 3.92. The first kappa shape index (κ1) is 11.6. The summed E-state index contributed by atoms with van der Waals surface area (Å²) in [6.07, 6.45) is 4.22. The maximum atomic E-state index is 3.92. The van der Waals surface area contributed by atoms with Crippen LogP contribution in [-0.2, 0) is 0 Å². The van der Waals surface area contributed by atoms with Crippen molar-refractivity contribution >= 4 is 11.5 Å². The molecule has 0 fully saturated rings. The van der Waals surface area contributed by atoms with Crippen molar-refractivity contribution in [1.82, 2.24) is 14.9 Å².